The molecule has 2 saturated carbocycles. The first-order chi connectivity index (χ1) is 11.6. The molecule has 7 heteroatoms. The van der Waals surface area contributed by atoms with Gasteiger partial charge >= 0.3 is 0 Å². The van der Waals surface area contributed by atoms with Crippen LogP contribution in [0.25, 0.3) is 0 Å². The molecule has 1 amide bonds. The number of carbonyl (C=O) groups is 1. The van der Waals surface area contributed by atoms with E-state index >= 15 is 0 Å². The molecule has 1 heterocycles. The SMILES string of the molecule is O=C(C1NNC(C2CC2)C1Br)N(Cc1c(F)cccc1Cl)C1CC1. The van der Waals surface area contributed by atoms with Gasteiger partial charge in [0.05, 0.1) is 11.4 Å². The van der Waals surface area contributed by atoms with Crippen molar-refractivity contribution in [2.24, 2.45) is 5.92 Å². The summed E-state index contributed by atoms with van der Waals surface area (Å²) in [6, 6.07) is 4.78. The molecule has 2 N–H and O–H groups in total. The van der Waals surface area contributed by atoms with E-state index in [9.17, 15) is 9.18 Å². The maximum absolute atomic E-state index is 14.1. The molecule has 1 saturated heterocycles. The quantitative estimate of drug-likeness (QED) is 0.725. The fraction of sp³-hybridized carbons (Fsp3) is 0.588. The first-order valence-electron chi connectivity index (χ1n) is 8.44. The number of rotatable bonds is 5. The molecule has 1 aromatic rings. The van der Waals surface area contributed by atoms with Gasteiger partial charge in [0.15, 0.2) is 0 Å². The molecule has 130 valence electrons. The van der Waals surface area contributed by atoms with Crippen molar-refractivity contribution in [3.8, 4) is 0 Å². The maximum Gasteiger partial charge on any atom is 0.242 e. The third kappa shape index (κ3) is 3.21. The third-order valence-electron chi connectivity index (χ3n) is 5.12. The number of amides is 1. The lowest BCUT2D eigenvalue weighted by molar-refractivity contribution is -0.134. The van der Waals surface area contributed by atoms with Gasteiger partial charge < -0.3 is 4.90 Å². The van der Waals surface area contributed by atoms with Gasteiger partial charge in [-0.05, 0) is 43.7 Å². The van der Waals surface area contributed by atoms with Crippen molar-refractivity contribution >= 4 is 33.4 Å². The Morgan fingerprint density at radius 1 is 1.29 bits per heavy atom. The molecule has 3 aliphatic rings. The molecule has 2 aliphatic carbocycles. The molecule has 4 rings (SSSR count). The van der Waals surface area contributed by atoms with E-state index in [1.54, 1.807) is 17.0 Å². The normalized spacial score (nSPS) is 29.7. The Hall–Kier alpha value is -0.690. The van der Waals surface area contributed by atoms with Gasteiger partial charge in [0.1, 0.15) is 11.9 Å². The third-order valence-corrected chi connectivity index (χ3v) is 6.58. The van der Waals surface area contributed by atoms with Crippen molar-refractivity contribution in [3.63, 3.8) is 0 Å². The van der Waals surface area contributed by atoms with Gasteiger partial charge in [-0.25, -0.2) is 9.82 Å². The number of hydrogen-bond donors (Lipinski definition) is 2. The molecule has 0 bridgehead atoms. The van der Waals surface area contributed by atoms with Gasteiger partial charge in [0, 0.05) is 22.7 Å². The highest BCUT2D eigenvalue weighted by Gasteiger charge is 2.48. The van der Waals surface area contributed by atoms with Crippen molar-refractivity contribution in [1.29, 1.82) is 0 Å². The molecule has 0 spiro atoms. The topological polar surface area (TPSA) is 44.4 Å². The van der Waals surface area contributed by atoms with Gasteiger partial charge in [0.25, 0.3) is 0 Å². The molecule has 3 fully saturated rings. The fourth-order valence-corrected chi connectivity index (χ4v) is 4.53. The van der Waals surface area contributed by atoms with Crippen molar-refractivity contribution in [3.05, 3.63) is 34.6 Å². The summed E-state index contributed by atoms with van der Waals surface area (Å²) in [5, 5.41) is 0.372. The fourth-order valence-electron chi connectivity index (χ4n) is 3.39. The molecular weight excluding hydrogens is 397 g/mol. The van der Waals surface area contributed by atoms with Crippen LogP contribution in [0.3, 0.4) is 0 Å². The zero-order chi connectivity index (χ0) is 16.8. The van der Waals surface area contributed by atoms with Crippen LogP contribution in [0.15, 0.2) is 18.2 Å². The number of alkyl halides is 1. The standard InChI is InChI=1S/C17H20BrClFN3O/c18-14-15(9-4-5-9)21-22-16(14)17(24)23(10-6-7-10)8-11-12(19)2-1-3-13(11)20/h1-3,9-10,14-16,21-22H,4-8H2. The van der Waals surface area contributed by atoms with E-state index in [1.807, 2.05) is 0 Å². The lowest BCUT2D eigenvalue weighted by atomic mass is 10.0. The lowest BCUT2D eigenvalue weighted by Gasteiger charge is -2.27. The molecule has 1 aliphatic heterocycles. The minimum Gasteiger partial charge on any atom is -0.334 e. The van der Waals surface area contributed by atoms with Gasteiger partial charge in [-0.2, -0.15) is 0 Å². The summed E-state index contributed by atoms with van der Waals surface area (Å²) in [5.74, 6) is 0.286. The summed E-state index contributed by atoms with van der Waals surface area (Å²) in [6.45, 7) is 0.223. The van der Waals surface area contributed by atoms with E-state index in [2.05, 4.69) is 26.8 Å². The van der Waals surface area contributed by atoms with E-state index in [1.165, 1.54) is 18.9 Å². The molecule has 3 unspecified atom stereocenters. The largest absolute Gasteiger partial charge is 0.334 e. The summed E-state index contributed by atoms with van der Waals surface area (Å²) < 4.78 is 14.1. The predicted octanol–water partition coefficient (Wildman–Crippen LogP) is 2.99. The number of hydrogen-bond acceptors (Lipinski definition) is 3. The monoisotopic (exact) mass is 415 g/mol. The summed E-state index contributed by atoms with van der Waals surface area (Å²) in [7, 11) is 0. The molecular formula is C17H20BrClFN3O. The average Bonchev–Trinajstić information content (AvgIpc) is 3.46. The van der Waals surface area contributed by atoms with Crippen molar-refractivity contribution < 1.29 is 9.18 Å². The number of carbonyl (C=O) groups excluding carboxylic acids is 1. The van der Waals surface area contributed by atoms with Crippen molar-refractivity contribution in [1.82, 2.24) is 15.8 Å². The second kappa shape index (κ2) is 6.56. The van der Waals surface area contributed by atoms with E-state index < -0.39 is 0 Å². The Morgan fingerprint density at radius 2 is 2.04 bits per heavy atom. The highest BCUT2D eigenvalue weighted by molar-refractivity contribution is 9.09. The number of nitrogens with one attached hydrogen (secondary N) is 2. The summed E-state index contributed by atoms with van der Waals surface area (Å²) in [6.07, 6.45) is 4.35. The number of hydrazine groups is 1. The van der Waals surface area contributed by atoms with Gasteiger partial charge in [-0.1, -0.05) is 33.6 Å². The van der Waals surface area contributed by atoms with E-state index in [4.69, 9.17) is 11.6 Å². The number of nitrogens with zero attached hydrogens (tertiary/aromatic N) is 1. The van der Waals surface area contributed by atoms with Gasteiger partial charge in [-0.15, -0.1) is 0 Å². The summed E-state index contributed by atoms with van der Waals surface area (Å²) in [5.41, 5.74) is 6.79. The molecule has 0 radical (unpaired) electrons. The van der Waals surface area contributed by atoms with Crippen LogP contribution in [0, 0.1) is 11.7 Å². The first kappa shape index (κ1) is 16.8. The van der Waals surface area contributed by atoms with E-state index in [0.717, 1.165) is 12.8 Å². The minimum atomic E-state index is -0.357. The minimum absolute atomic E-state index is 0.00865. The molecule has 3 atom stereocenters. The summed E-state index contributed by atoms with van der Waals surface area (Å²) in [4.78, 5) is 14.9. The van der Waals surface area contributed by atoms with E-state index in [0.29, 0.717) is 16.5 Å². The average molecular weight is 417 g/mol. The zero-order valence-electron chi connectivity index (χ0n) is 13.1. The lowest BCUT2D eigenvalue weighted by Crippen LogP contribution is -2.48. The van der Waals surface area contributed by atoms with Crippen LogP contribution >= 0.6 is 27.5 Å². The number of halogens is 3. The number of benzene rings is 1. The molecule has 1 aromatic carbocycles. The van der Waals surface area contributed by atoms with Crippen LogP contribution in [0.5, 0.6) is 0 Å². The smallest absolute Gasteiger partial charge is 0.242 e. The second-order valence-corrected chi connectivity index (χ2v) is 8.44. The zero-order valence-corrected chi connectivity index (χ0v) is 15.5. The highest BCUT2D eigenvalue weighted by Crippen LogP contribution is 2.39. The molecule has 24 heavy (non-hydrogen) atoms. The van der Waals surface area contributed by atoms with Crippen molar-refractivity contribution in [2.75, 3.05) is 0 Å². The van der Waals surface area contributed by atoms with Crippen LogP contribution < -0.4 is 10.9 Å². The Balaban J connectivity index is 1.52. The van der Waals surface area contributed by atoms with Crippen molar-refractivity contribution in [2.45, 2.75) is 55.2 Å². The van der Waals surface area contributed by atoms with Crippen LogP contribution in [-0.4, -0.2) is 33.8 Å². The van der Waals surface area contributed by atoms with E-state index in [-0.39, 0.29) is 41.2 Å². The highest BCUT2D eigenvalue weighted by atomic mass is 79.9. The molecule has 0 aromatic heterocycles. The Kier molecular flexibility index (Phi) is 4.58. The molecule has 4 nitrogen and oxygen atoms in total. The van der Waals surface area contributed by atoms with Gasteiger partial charge in [0.2, 0.25) is 5.91 Å². The predicted molar refractivity (Wildman–Crippen MR) is 94.3 cm³/mol. The maximum atomic E-state index is 14.1. The Morgan fingerprint density at radius 3 is 2.67 bits per heavy atom. The Bertz CT molecular complexity index is 632. The van der Waals surface area contributed by atoms with Crippen LogP contribution in [0.1, 0.15) is 31.2 Å². The first-order valence-corrected chi connectivity index (χ1v) is 9.74. The van der Waals surface area contributed by atoms with Crippen LogP contribution in [0.4, 0.5) is 4.39 Å². The van der Waals surface area contributed by atoms with Crippen LogP contribution in [-0.2, 0) is 11.3 Å². The Labute approximate surface area is 154 Å². The van der Waals surface area contributed by atoms with Crippen LogP contribution in [0.2, 0.25) is 5.02 Å². The summed E-state index contributed by atoms with van der Waals surface area (Å²) >= 11 is 9.84. The second-order valence-electron chi connectivity index (χ2n) is 6.97. The van der Waals surface area contributed by atoms with Gasteiger partial charge in [-0.3, -0.25) is 10.2 Å².